The van der Waals surface area contributed by atoms with Crippen LogP contribution >= 0.6 is 35.7 Å². The summed E-state index contributed by atoms with van der Waals surface area (Å²) < 4.78 is 15.7. The zero-order valence-electron chi connectivity index (χ0n) is 21.4. The van der Waals surface area contributed by atoms with E-state index in [1.54, 1.807) is 32.0 Å². The monoisotopic (exact) mass is 586 g/mol. The molecule has 0 aliphatic carbocycles. The molecule has 2 aromatic rings. The summed E-state index contributed by atoms with van der Waals surface area (Å²) in [6, 6.07) is 10.6. The molecule has 0 bridgehead atoms. The molecule has 0 saturated heterocycles. The number of fused-ring (bicyclic) bond motifs is 1. The van der Waals surface area contributed by atoms with Crippen molar-refractivity contribution in [1.82, 2.24) is 0 Å². The van der Waals surface area contributed by atoms with Crippen molar-refractivity contribution in [1.29, 1.82) is 0 Å². The summed E-state index contributed by atoms with van der Waals surface area (Å²) >= 11 is 8.03. The number of amides is 1. The number of ether oxygens (including phenoxy) is 3. The van der Waals surface area contributed by atoms with Crippen LogP contribution in [0.4, 0.5) is 11.4 Å². The van der Waals surface area contributed by atoms with Crippen LogP contribution in [0.5, 0.6) is 5.75 Å². The molecule has 202 valence electrons. The van der Waals surface area contributed by atoms with Gasteiger partial charge in [0, 0.05) is 28.8 Å². The predicted octanol–water partition coefficient (Wildman–Crippen LogP) is 5.12. The van der Waals surface area contributed by atoms with E-state index in [1.807, 2.05) is 0 Å². The highest BCUT2D eigenvalue weighted by Crippen LogP contribution is 2.56. The number of thiocarbonyl (C=S) groups is 1. The van der Waals surface area contributed by atoms with Gasteiger partial charge in [0.1, 0.15) is 15.6 Å². The van der Waals surface area contributed by atoms with Crippen molar-refractivity contribution < 1.29 is 33.5 Å². The van der Waals surface area contributed by atoms with Crippen molar-refractivity contribution in [3.8, 4) is 5.75 Å². The number of anilines is 1. The van der Waals surface area contributed by atoms with E-state index in [0.717, 1.165) is 23.5 Å². The van der Waals surface area contributed by atoms with E-state index in [9.17, 15) is 24.5 Å². The molecule has 2 aromatic carbocycles. The van der Waals surface area contributed by atoms with Crippen molar-refractivity contribution in [3.05, 3.63) is 77.8 Å². The Morgan fingerprint density at radius 1 is 0.974 bits per heavy atom. The lowest BCUT2D eigenvalue weighted by Crippen LogP contribution is -2.56. The van der Waals surface area contributed by atoms with Crippen LogP contribution in [0.1, 0.15) is 29.8 Å². The highest BCUT2D eigenvalue weighted by atomic mass is 32.2. The standard InChI is InChI=1S/C26H22N2O8S3/c1-26(2)21(37)18(25-38-19(23(30)35-4)20(39-25)24(31)36-5)16-12-15(34-3)9-10-17(16)27(26)22(29)13-7-6-8-14(11-13)28(32)33/h6-12H,1-5H3. The second kappa shape index (κ2) is 10.8. The Labute approximate surface area is 237 Å². The summed E-state index contributed by atoms with van der Waals surface area (Å²) in [6.45, 7) is 3.52. The SMILES string of the molecule is COC(=O)C1=C(C(=O)OC)SC(=C2C(=S)C(C)(C)N(C(=O)c3cccc([N+](=O)[O-])c3)c3ccc(OC)cc32)S1. The minimum atomic E-state index is -1.10. The van der Waals surface area contributed by atoms with Crippen LogP contribution in [0.3, 0.4) is 0 Å². The van der Waals surface area contributed by atoms with Gasteiger partial charge in [-0.25, -0.2) is 9.59 Å². The first-order chi connectivity index (χ1) is 18.5. The van der Waals surface area contributed by atoms with Crippen LogP contribution in [-0.4, -0.2) is 54.5 Å². The number of methoxy groups -OCH3 is 3. The van der Waals surface area contributed by atoms with E-state index in [0.29, 0.717) is 31.7 Å². The highest BCUT2D eigenvalue weighted by molar-refractivity contribution is 8.29. The number of rotatable bonds is 5. The molecule has 1 amide bonds. The maximum atomic E-state index is 13.9. The Morgan fingerprint density at radius 3 is 2.13 bits per heavy atom. The van der Waals surface area contributed by atoms with E-state index < -0.39 is 28.3 Å². The number of hydrogen-bond acceptors (Lipinski definition) is 11. The molecule has 2 heterocycles. The molecule has 10 nitrogen and oxygen atoms in total. The van der Waals surface area contributed by atoms with Gasteiger partial charge >= 0.3 is 11.9 Å². The molecule has 0 atom stereocenters. The van der Waals surface area contributed by atoms with Crippen molar-refractivity contribution >= 4 is 75.4 Å². The summed E-state index contributed by atoms with van der Waals surface area (Å²) in [5.41, 5.74) is 0.351. The molecule has 0 fully saturated rings. The van der Waals surface area contributed by atoms with E-state index in [1.165, 1.54) is 50.5 Å². The average Bonchev–Trinajstić information content (AvgIpc) is 3.37. The zero-order valence-corrected chi connectivity index (χ0v) is 23.9. The summed E-state index contributed by atoms with van der Waals surface area (Å²) in [5, 5.41) is 11.3. The minimum Gasteiger partial charge on any atom is -0.497 e. The van der Waals surface area contributed by atoms with Crippen LogP contribution in [0, 0.1) is 10.1 Å². The van der Waals surface area contributed by atoms with Crippen LogP contribution < -0.4 is 9.64 Å². The molecule has 0 saturated carbocycles. The lowest BCUT2D eigenvalue weighted by molar-refractivity contribution is -0.384. The molecule has 0 radical (unpaired) electrons. The number of esters is 2. The number of non-ortho nitro benzene ring substituents is 1. The van der Waals surface area contributed by atoms with Gasteiger partial charge in [-0.3, -0.25) is 19.8 Å². The summed E-state index contributed by atoms with van der Waals surface area (Å²) in [7, 11) is 3.93. The Kier molecular flexibility index (Phi) is 7.87. The zero-order chi connectivity index (χ0) is 28.6. The number of hydrogen-bond donors (Lipinski definition) is 0. The van der Waals surface area contributed by atoms with Gasteiger partial charge in [-0.15, -0.1) is 0 Å². The van der Waals surface area contributed by atoms with E-state index in [2.05, 4.69) is 0 Å². The fourth-order valence-corrected chi connectivity index (χ4v) is 7.20. The van der Waals surface area contributed by atoms with Crippen LogP contribution in [0.15, 0.2) is 56.5 Å². The van der Waals surface area contributed by atoms with Crippen molar-refractivity contribution in [3.63, 3.8) is 0 Å². The van der Waals surface area contributed by atoms with Crippen molar-refractivity contribution in [2.45, 2.75) is 19.4 Å². The van der Waals surface area contributed by atoms with Crippen LogP contribution in [0.2, 0.25) is 0 Å². The van der Waals surface area contributed by atoms with Gasteiger partial charge in [-0.2, -0.15) is 0 Å². The molecular formula is C26H22N2O8S3. The second-order valence-corrected chi connectivity index (χ2v) is 11.4. The first-order valence-corrected chi connectivity index (χ1v) is 13.3. The van der Waals surface area contributed by atoms with E-state index in [-0.39, 0.29) is 21.1 Å². The first-order valence-electron chi connectivity index (χ1n) is 11.3. The lowest BCUT2D eigenvalue weighted by atomic mass is 9.82. The Morgan fingerprint density at radius 2 is 1.59 bits per heavy atom. The molecule has 4 rings (SSSR count). The normalized spacial score (nSPS) is 16.1. The molecular weight excluding hydrogens is 564 g/mol. The summed E-state index contributed by atoms with van der Waals surface area (Å²) in [5.74, 6) is -1.40. The summed E-state index contributed by atoms with van der Waals surface area (Å²) in [6.07, 6.45) is 0. The minimum absolute atomic E-state index is 0.0667. The largest absolute Gasteiger partial charge is 0.497 e. The topological polar surface area (TPSA) is 125 Å². The molecule has 0 aromatic heterocycles. The van der Waals surface area contributed by atoms with Crippen molar-refractivity contribution in [2.24, 2.45) is 0 Å². The molecule has 2 aliphatic rings. The molecule has 0 N–H and O–H groups in total. The molecule has 0 spiro atoms. The molecule has 0 unspecified atom stereocenters. The third kappa shape index (κ3) is 4.92. The van der Waals surface area contributed by atoms with Gasteiger partial charge in [-0.1, -0.05) is 41.8 Å². The van der Waals surface area contributed by atoms with Crippen molar-refractivity contribution in [2.75, 3.05) is 26.2 Å². The molecule has 13 heteroatoms. The predicted molar refractivity (Wildman–Crippen MR) is 153 cm³/mol. The van der Waals surface area contributed by atoms with Gasteiger partial charge in [0.15, 0.2) is 0 Å². The number of carbonyl (C=O) groups excluding carboxylic acids is 3. The Bertz CT molecular complexity index is 1480. The number of nitro benzene ring substituents is 1. The fraction of sp³-hybridized carbons (Fsp3) is 0.231. The number of nitro groups is 1. The third-order valence-corrected chi connectivity index (χ3v) is 9.37. The number of nitrogens with zero attached hydrogens (tertiary/aromatic N) is 2. The Balaban J connectivity index is 1.93. The second-order valence-electron chi connectivity index (χ2n) is 8.73. The van der Waals surface area contributed by atoms with Gasteiger partial charge in [0.05, 0.1) is 46.6 Å². The smallest absolute Gasteiger partial charge is 0.346 e. The van der Waals surface area contributed by atoms with E-state index in [4.69, 9.17) is 26.4 Å². The van der Waals surface area contributed by atoms with Gasteiger partial charge < -0.3 is 14.2 Å². The number of thioether (sulfide) groups is 2. The Hall–Kier alpha value is -3.68. The fourth-order valence-electron chi connectivity index (χ4n) is 4.17. The third-order valence-electron chi connectivity index (χ3n) is 6.10. The molecule has 2 aliphatic heterocycles. The summed E-state index contributed by atoms with van der Waals surface area (Å²) in [4.78, 5) is 51.7. The molecule has 39 heavy (non-hydrogen) atoms. The van der Waals surface area contributed by atoms with Crippen LogP contribution in [0.25, 0.3) is 5.57 Å². The van der Waals surface area contributed by atoms with Gasteiger partial charge in [0.2, 0.25) is 0 Å². The van der Waals surface area contributed by atoms with Gasteiger partial charge in [-0.05, 0) is 38.1 Å². The van der Waals surface area contributed by atoms with Crippen LogP contribution in [-0.2, 0) is 19.1 Å². The first kappa shape index (κ1) is 28.3. The quantitative estimate of drug-likeness (QED) is 0.152. The number of carbonyl (C=O) groups is 3. The maximum absolute atomic E-state index is 13.9. The highest BCUT2D eigenvalue weighted by Gasteiger charge is 2.46. The van der Waals surface area contributed by atoms with Gasteiger partial charge in [0.25, 0.3) is 11.6 Å². The number of benzene rings is 2. The lowest BCUT2D eigenvalue weighted by Gasteiger charge is -2.45. The average molecular weight is 587 g/mol. The van der Waals surface area contributed by atoms with E-state index >= 15 is 0 Å². The maximum Gasteiger partial charge on any atom is 0.346 e.